The molecule has 38 heavy (non-hydrogen) atoms. The van der Waals surface area contributed by atoms with Gasteiger partial charge in [-0.1, -0.05) is 13.3 Å². The highest BCUT2D eigenvalue weighted by Crippen LogP contribution is 2.43. The quantitative estimate of drug-likeness (QED) is 0.221. The lowest BCUT2D eigenvalue weighted by molar-refractivity contribution is 0.562. The van der Waals surface area contributed by atoms with E-state index in [1.165, 1.54) is 72.9 Å². The predicted molar refractivity (Wildman–Crippen MR) is 162 cm³/mol. The zero-order chi connectivity index (χ0) is 26.9. The van der Waals surface area contributed by atoms with Gasteiger partial charge in [-0.2, -0.15) is 0 Å². The molecule has 0 bridgehead atoms. The Morgan fingerprint density at radius 1 is 0.921 bits per heavy atom. The van der Waals surface area contributed by atoms with Gasteiger partial charge in [-0.05, 0) is 117 Å². The van der Waals surface area contributed by atoms with Crippen LogP contribution in [0.1, 0.15) is 65.1 Å². The van der Waals surface area contributed by atoms with Crippen LogP contribution < -0.4 is 10.5 Å². The SMILES string of the molecule is CCCCN1CCCc2cc3cc(-c4nc5c(C)c(C)c6c(C)c(C)c(C)c(C)c6c5s4)c(=O)oc3cc21. The molecule has 5 aromatic rings. The van der Waals surface area contributed by atoms with E-state index in [-0.39, 0.29) is 5.63 Å². The fourth-order valence-electron chi connectivity index (χ4n) is 6.30. The van der Waals surface area contributed by atoms with Crippen LogP contribution in [-0.4, -0.2) is 18.1 Å². The monoisotopic (exact) mass is 524 g/mol. The summed E-state index contributed by atoms with van der Waals surface area (Å²) in [6.45, 7) is 17.6. The average Bonchev–Trinajstić information content (AvgIpc) is 3.35. The van der Waals surface area contributed by atoms with Gasteiger partial charge in [0.1, 0.15) is 10.6 Å². The summed E-state index contributed by atoms with van der Waals surface area (Å²) in [4.78, 5) is 20.9. The number of hydrogen-bond donors (Lipinski definition) is 0. The number of rotatable bonds is 4. The molecule has 0 atom stereocenters. The first-order valence-corrected chi connectivity index (χ1v) is 14.7. The summed E-state index contributed by atoms with van der Waals surface area (Å²) in [6, 6.07) is 6.32. The Balaban J connectivity index is 1.56. The van der Waals surface area contributed by atoms with E-state index >= 15 is 0 Å². The van der Waals surface area contributed by atoms with Crippen LogP contribution in [0.3, 0.4) is 0 Å². The Hall–Kier alpha value is -3.18. The molecule has 0 saturated heterocycles. The minimum absolute atomic E-state index is 0.314. The van der Waals surface area contributed by atoms with Crippen LogP contribution in [-0.2, 0) is 6.42 Å². The van der Waals surface area contributed by atoms with Crippen LogP contribution in [0.15, 0.2) is 27.4 Å². The number of aryl methyl sites for hydroxylation is 5. The van der Waals surface area contributed by atoms with E-state index < -0.39 is 0 Å². The van der Waals surface area contributed by atoms with Gasteiger partial charge in [-0.25, -0.2) is 9.78 Å². The van der Waals surface area contributed by atoms with Crippen molar-refractivity contribution < 1.29 is 4.42 Å². The number of anilines is 1. The van der Waals surface area contributed by atoms with Crippen molar-refractivity contribution in [3.05, 3.63) is 67.6 Å². The third-order valence-electron chi connectivity index (χ3n) is 8.99. The maximum absolute atomic E-state index is 13.4. The van der Waals surface area contributed by atoms with Gasteiger partial charge in [0.05, 0.1) is 15.8 Å². The highest BCUT2D eigenvalue weighted by Gasteiger charge is 2.23. The molecule has 0 unspecified atom stereocenters. The van der Waals surface area contributed by atoms with Gasteiger partial charge in [0.15, 0.2) is 0 Å². The summed E-state index contributed by atoms with van der Waals surface area (Å²) >= 11 is 1.62. The fraction of sp³-hybridized carbons (Fsp3) is 0.394. The summed E-state index contributed by atoms with van der Waals surface area (Å²) in [5.74, 6) is 0. The van der Waals surface area contributed by atoms with E-state index in [1.807, 2.05) is 6.07 Å². The van der Waals surface area contributed by atoms with Crippen LogP contribution in [0.5, 0.6) is 0 Å². The van der Waals surface area contributed by atoms with Crippen molar-refractivity contribution in [1.82, 2.24) is 4.98 Å². The maximum Gasteiger partial charge on any atom is 0.346 e. The second-order valence-corrected chi connectivity index (χ2v) is 12.1. The molecule has 2 aromatic heterocycles. The molecule has 196 valence electrons. The van der Waals surface area contributed by atoms with E-state index in [0.29, 0.717) is 11.1 Å². The highest BCUT2D eigenvalue weighted by molar-refractivity contribution is 7.22. The van der Waals surface area contributed by atoms with Crippen LogP contribution in [0.25, 0.3) is 42.5 Å². The first-order valence-electron chi connectivity index (χ1n) is 13.9. The topological polar surface area (TPSA) is 46.3 Å². The summed E-state index contributed by atoms with van der Waals surface area (Å²) in [6.07, 6.45) is 4.56. The smallest absolute Gasteiger partial charge is 0.346 e. The third-order valence-corrected chi connectivity index (χ3v) is 10.1. The molecule has 0 radical (unpaired) electrons. The van der Waals surface area contributed by atoms with E-state index in [4.69, 9.17) is 9.40 Å². The fourth-order valence-corrected chi connectivity index (χ4v) is 7.53. The molecule has 1 aliphatic rings. The minimum atomic E-state index is -0.314. The van der Waals surface area contributed by atoms with Crippen molar-refractivity contribution in [2.45, 2.75) is 74.1 Å². The lowest BCUT2D eigenvalue weighted by Crippen LogP contribution is -2.30. The highest BCUT2D eigenvalue weighted by atomic mass is 32.1. The minimum Gasteiger partial charge on any atom is -0.422 e. The zero-order valence-electron chi connectivity index (χ0n) is 23.6. The molecule has 0 aliphatic carbocycles. The van der Waals surface area contributed by atoms with Gasteiger partial charge in [-0.3, -0.25) is 0 Å². The normalized spacial score (nSPS) is 13.7. The Labute approximate surface area is 228 Å². The van der Waals surface area contributed by atoms with E-state index in [0.717, 1.165) is 41.8 Å². The van der Waals surface area contributed by atoms with Crippen LogP contribution in [0.2, 0.25) is 0 Å². The number of hydrogen-bond acceptors (Lipinski definition) is 5. The Bertz CT molecular complexity index is 1830. The van der Waals surface area contributed by atoms with Crippen molar-refractivity contribution in [2.75, 3.05) is 18.0 Å². The first-order chi connectivity index (χ1) is 18.2. The number of thiazole rings is 1. The molecular weight excluding hydrogens is 488 g/mol. The lowest BCUT2D eigenvalue weighted by atomic mass is 9.87. The largest absolute Gasteiger partial charge is 0.422 e. The van der Waals surface area contributed by atoms with Gasteiger partial charge in [0.2, 0.25) is 0 Å². The Morgan fingerprint density at radius 2 is 1.63 bits per heavy atom. The predicted octanol–water partition coefficient (Wildman–Crippen LogP) is 8.63. The molecule has 5 heteroatoms. The van der Waals surface area contributed by atoms with Crippen molar-refractivity contribution in [1.29, 1.82) is 0 Å². The van der Waals surface area contributed by atoms with E-state index in [9.17, 15) is 4.79 Å². The number of nitrogens with zero attached hydrogens (tertiary/aromatic N) is 2. The first kappa shape index (κ1) is 25.1. The van der Waals surface area contributed by atoms with Gasteiger partial charge < -0.3 is 9.32 Å². The molecule has 3 heterocycles. The zero-order valence-corrected chi connectivity index (χ0v) is 24.4. The molecule has 4 nitrogen and oxygen atoms in total. The summed E-state index contributed by atoms with van der Waals surface area (Å²) in [7, 11) is 0. The van der Waals surface area contributed by atoms with Gasteiger partial charge in [0.25, 0.3) is 0 Å². The van der Waals surface area contributed by atoms with Crippen molar-refractivity contribution in [2.24, 2.45) is 0 Å². The maximum atomic E-state index is 13.4. The third kappa shape index (κ3) is 3.70. The van der Waals surface area contributed by atoms with Gasteiger partial charge >= 0.3 is 5.63 Å². The van der Waals surface area contributed by atoms with Crippen molar-refractivity contribution >= 4 is 49.0 Å². The standard InChI is InChI=1S/C33H36N2O2S/c1-8-9-12-35-13-10-11-23-14-24-15-25(33(36)37-27(24)16-26(23)35)32-34-30-22(7)21(6)28-19(4)17(2)18(3)20(5)29(28)31(30)38-32/h14-16H,8-13H2,1-7H3. The summed E-state index contributed by atoms with van der Waals surface area (Å²) in [5.41, 5.74) is 12.3. The number of aromatic nitrogens is 1. The van der Waals surface area contributed by atoms with Gasteiger partial charge in [-0.15, -0.1) is 11.3 Å². The van der Waals surface area contributed by atoms with E-state index in [1.54, 1.807) is 11.3 Å². The average molecular weight is 525 g/mol. The van der Waals surface area contributed by atoms with Crippen molar-refractivity contribution in [3.63, 3.8) is 0 Å². The lowest BCUT2D eigenvalue weighted by Gasteiger charge is -2.31. The molecule has 3 aromatic carbocycles. The van der Waals surface area contributed by atoms with Gasteiger partial charge in [0, 0.05) is 35.6 Å². The summed E-state index contributed by atoms with van der Waals surface area (Å²) < 4.78 is 7.13. The van der Waals surface area contributed by atoms with E-state index in [2.05, 4.69) is 65.5 Å². The molecule has 0 spiro atoms. The number of unbranched alkanes of at least 4 members (excludes halogenated alkanes) is 1. The number of fused-ring (bicyclic) bond motifs is 5. The van der Waals surface area contributed by atoms with Crippen LogP contribution >= 0.6 is 11.3 Å². The molecule has 0 amide bonds. The Morgan fingerprint density at radius 3 is 2.37 bits per heavy atom. The summed E-state index contributed by atoms with van der Waals surface area (Å²) in [5, 5.41) is 4.32. The van der Waals surface area contributed by atoms with Crippen LogP contribution in [0, 0.1) is 41.5 Å². The molecule has 6 rings (SSSR count). The molecule has 0 fully saturated rings. The van der Waals surface area contributed by atoms with Crippen LogP contribution in [0.4, 0.5) is 5.69 Å². The molecule has 1 aliphatic heterocycles. The molecule has 0 saturated carbocycles. The molecular formula is C33H36N2O2S. The van der Waals surface area contributed by atoms with Crippen molar-refractivity contribution in [3.8, 4) is 10.6 Å². The Kier molecular flexibility index (Phi) is 6.10. The second-order valence-electron chi connectivity index (χ2n) is 11.1. The molecule has 0 N–H and O–H groups in total. The second kappa shape index (κ2) is 9.23. The number of benzene rings is 3.